The summed E-state index contributed by atoms with van der Waals surface area (Å²) < 4.78 is 31.2. The molecule has 0 radical (unpaired) electrons. The predicted molar refractivity (Wildman–Crippen MR) is 127 cm³/mol. The molecule has 0 saturated carbocycles. The van der Waals surface area contributed by atoms with E-state index in [1.807, 2.05) is 12.1 Å². The Bertz CT molecular complexity index is 1000. The first-order valence-corrected chi connectivity index (χ1v) is 12.8. The molecule has 0 aromatic heterocycles. The molecule has 1 fully saturated rings. The van der Waals surface area contributed by atoms with Gasteiger partial charge >= 0.3 is 0 Å². The fourth-order valence-electron chi connectivity index (χ4n) is 4.09. The molecule has 0 spiro atoms. The Morgan fingerprint density at radius 1 is 1.09 bits per heavy atom. The fourth-order valence-corrected chi connectivity index (χ4v) is 5.26. The van der Waals surface area contributed by atoms with Gasteiger partial charge in [0.25, 0.3) is 0 Å². The van der Waals surface area contributed by atoms with Crippen LogP contribution >= 0.6 is 0 Å². The highest BCUT2D eigenvalue weighted by molar-refractivity contribution is 7.92. The number of nitrogens with one attached hydrogen (secondary N) is 1. The third kappa shape index (κ3) is 6.46. The number of methoxy groups -OCH3 is 1. The van der Waals surface area contributed by atoms with Crippen LogP contribution in [0.15, 0.2) is 48.5 Å². The van der Waals surface area contributed by atoms with E-state index in [4.69, 9.17) is 4.74 Å². The van der Waals surface area contributed by atoms with Gasteiger partial charge in [-0.25, -0.2) is 8.42 Å². The molecule has 0 bridgehead atoms. The van der Waals surface area contributed by atoms with E-state index < -0.39 is 16.1 Å². The normalized spacial score (nSPS) is 15.7. The number of benzene rings is 2. The average Bonchev–Trinajstić information content (AvgIpc) is 2.78. The van der Waals surface area contributed by atoms with Crippen LogP contribution in [-0.4, -0.2) is 51.7 Å². The van der Waals surface area contributed by atoms with Gasteiger partial charge in [0, 0.05) is 13.1 Å². The molecule has 1 aliphatic rings. The van der Waals surface area contributed by atoms with Crippen LogP contribution in [0.5, 0.6) is 5.75 Å². The second kappa shape index (κ2) is 10.8. The van der Waals surface area contributed by atoms with Crippen molar-refractivity contribution in [2.75, 3.05) is 30.8 Å². The van der Waals surface area contributed by atoms with Crippen molar-refractivity contribution in [3.8, 4) is 5.75 Å². The highest BCUT2D eigenvalue weighted by Crippen LogP contribution is 2.24. The number of amides is 1. The van der Waals surface area contributed by atoms with Crippen LogP contribution in [0.25, 0.3) is 0 Å². The molecule has 1 unspecified atom stereocenters. The number of hydrogen-bond donors (Lipinski definition) is 1. The topological polar surface area (TPSA) is 79.0 Å². The van der Waals surface area contributed by atoms with Crippen LogP contribution in [0.2, 0.25) is 0 Å². The lowest BCUT2D eigenvalue weighted by molar-refractivity contribution is -0.122. The van der Waals surface area contributed by atoms with E-state index in [0.29, 0.717) is 18.0 Å². The zero-order chi connectivity index (χ0) is 23.1. The highest BCUT2D eigenvalue weighted by Gasteiger charge is 2.29. The molecule has 1 saturated heterocycles. The lowest BCUT2D eigenvalue weighted by atomic mass is 10.1. The van der Waals surface area contributed by atoms with Crippen LogP contribution < -0.4 is 14.4 Å². The summed E-state index contributed by atoms with van der Waals surface area (Å²) in [6, 6.07) is 13.9. The Morgan fingerprint density at radius 2 is 1.75 bits per heavy atom. The molecule has 2 aromatic carbocycles. The minimum absolute atomic E-state index is 0.344. The van der Waals surface area contributed by atoms with Gasteiger partial charge in [0.1, 0.15) is 11.8 Å². The first-order chi connectivity index (χ1) is 15.3. The van der Waals surface area contributed by atoms with Crippen molar-refractivity contribution >= 4 is 21.6 Å². The van der Waals surface area contributed by atoms with E-state index in [0.717, 1.165) is 35.8 Å². The first kappa shape index (κ1) is 24.1. The summed E-state index contributed by atoms with van der Waals surface area (Å²) in [6.45, 7) is 5.11. The van der Waals surface area contributed by atoms with Crippen LogP contribution in [0.3, 0.4) is 0 Å². The summed E-state index contributed by atoms with van der Waals surface area (Å²) in [5.74, 6) is 0.261. The molecule has 1 heterocycles. The summed E-state index contributed by atoms with van der Waals surface area (Å²) in [4.78, 5) is 15.3. The number of piperidine rings is 1. The quantitative estimate of drug-likeness (QED) is 0.623. The van der Waals surface area contributed by atoms with E-state index in [1.54, 1.807) is 38.3 Å². The minimum Gasteiger partial charge on any atom is -0.497 e. The second-order valence-corrected chi connectivity index (χ2v) is 10.2. The largest absolute Gasteiger partial charge is 0.497 e. The third-order valence-electron chi connectivity index (χ3n) is 5.73. The Morgan fingerprint density at radius 3 is 2.38 bits per heavy atom. The number of sulfonamides is 1. The van der Waals surface area contributed by atoms with E-state index in [2.05, 4.69) is 22.3 Å². The standard InChI is InChI=1S/C24H33N3O4S/c1-19(27(32(3,29)30)22-10-12-23(31-2)13-11-22)24(28)25-17-20-8-7-9-21(16-20)18-26-14-5-4-6-15-26/h7-13,16,19H,4-6,14-15,17-18H2,1-3H3,(H,25,28). The number of ether oxygens (including phenoxy) is 1. The molecule has 0 aliphatic carbocycles. The van der Waals surface area contributed by atoms with Crippen molar-refractivity contribution < 1.29 is 17.9 Å². The molecule has 1 N–H and O–H groups in total. The summed E-state index contributed by atoms with van der Waals surface area (Å²) in [7, 11) is -2.12. The lowest BCUT2D eigenvalue weighted by Gasteiger charge is -2.28. The van der Waals surface area contributed by atoms with Gasteiger partial charge in [-0.2, -0.15) is 0 Å². The molecule has 3 rings (SSSR count). The Balaban J connectivity index is 1.65. The van der Waals surface area contributed by atoms with Crippen molar-refractivity contribution in [1.82, 2.24) is 10.2 Å². The summed E-state index contributed by atoms with van der Waals surface area (Å²) in [5.41, 5.74) is 2.64. The van der Waals surface area contributed by atoms with Gasteiger partial charge in [0.2, 0.25) is 15.9 Å². The number of carbonyl (C=O) groups is 1. The summed E-state index contributed by atoms with van der Waals surface area (Å²) in [5, 5.41) is 2.89. The van der Waals surface area contributed by atoms with E-state index in [-0.39, 0.29) is 5.91 Å². The second-order valence-electron chi connectivity index (χ2n) is 8.31. The third-order valence-corrected chi connectivity index (χ3v) is 6.97. The Kier molecular flexibility index (Phi) is 8.15. The van der Waals surface area contributed by atoms with Crippen molar-refractivity contribution in [3.05, 3.63) is 59.7 Å². The number of hydrogen-bond acceptors (Lipinski definition) is 5. The number of carbonyl (C=O) groups excluding carboxylic acids is 1. The van der Waals surface area contributed by atoms with Crippen LogP contribution in [-0.2, 0) is 27.9 Å². The van der Waals surface area contributed by atoms with Gasteiger partial charge in [-0.1, -0.05) is 30.7 Å². The maximum absolute atomic E-state index is 12.9. The Hall–Kier alpha value is -2.58. The molecule has 174 valence electrons. The smallest absolute Gasteiger partial charge is 0.243 e. The molecular weight excluding hydrogens is 426 g/mol. The van der Waals surface area contributed by atoms with E-state index in [9.17, 15) is 13.2 Å². The SMILES string of the molecule is COc1ccc(N(C(C)C(=O)NCc2cccc(CN3CCCCC3)c2)S(C)(=O)=O)cc1. The van der Waals surface area contributed by atoms with Crippen LogP contribution in [0, 0.1) is 0 Å². The molecule has 8 heteroatoms. The zero-order valence-electron chi connectivity index (χ0n) is 19.1. The highest BCUT2D eigenvalue weighted by atomic mass is 32.2. The van der Waals surface area contributed by atoms with Crippen molar-refractivity contribution in [2.45, 2.75) is 45.3 Å². The molecule has 2 aromatic rings. The Labute approximate surface area is 191 Å². The molecular formula is C24H33N3O4S. The predicted octanol–water partition coefficient (Wildman–Crippen LogP) is 3.15. The fraction of sp³-hybridized carbons (Fsp3) is 0.458. The van der Waals surface area contributed by atoms with Gasteiger partial charge in [-0.05, 0) is 68.2 Å². The van der Waals surface area contributed by atoms with Crippen LogP contribution in [0.4, 0.5) is 5.69 Å². The minimum atomic E-state index is -3.66. The first-order valence-electron chi connectivity index (χ1n) is 11.0. The summed E-state index contributed by atoms with van der Waals surface area (Å²) >= 11 is 0. The van der Waals surface area contributed by atoms with E-state index in [1.165, 1.54) is 24.8 Å². The van der Waals surface area contributed by atoms with Crippen molar-refractivity contribution in [1.29, 1.82) is 0 Å². The van der Waals surface area contributed by atoms with Gasteiger partial charge < -0.3 is 10.1 Å². The number of nitrogens with zero attached hydrogens (tertiary/aromatic N) is 2. The average molecular weight is 460 g/mol. The van der Waals surface area contributed by atoms with Crippen LogP contribution in [0.1, 0.15) is 37.3 Å². The maximum atomic E-state index is 12.9. The van der Waals surface area contributed by atoms with Gasteiger partial charge in [0.05, 0.1) is 19.1 Å². The molecule has 32 heavy (non-hydrogen) atoms. The monoisotopic (exact) mass is 459 g/mol. The lowest BCUT2D eigenvalue weighted by Crippen LogP contribution is -2.47. The number of likely N-dealkylation sites (tertiary alicyclic amines) is 1. The van der Waals surface area contributed by atoms with Gasteiger partial charge in [0.15, 0.2) is 0 Å². The van der Waals surface area contributed by atoms with E-state index >= 15 is 0 Å². The maximum Gasteiger partial charge on any atom is 0.243 e. The molecule has 1 amide bonds. The van der Waals surface area contributed by atoms with Gasteiger partial charge in [-0.15, -0.1) is 0 Å². The summed E-state index contributed by atoms with van der Waals surface area (Å²) in [6.07, 6.45) is 4.91. The molecule has 1 aliphatic heterocycles. The van der Waals surface area contributed by atoms with Gasteiger partial charge in [-0.3, -0.25) is 14.0 Å². The zero-order valence-corrected chi connectivity index (χ0v) is 19.9. The molecule has 7 nitrogen and oxygen atoms in total. The number of rotatable bonds is 9. The van der Waals surface area contributed by atoms with Crippen molar-refractivity contribution in [2.24, 2.45) is 0 Å². The number of anilines is 1. The molecule has 1 atom stereocenters. The van der Waals surface area contributed by atoms with Crippen molar-refractivity contribution in [3.63, 3.8) is 0 Å².